The van der Waals surface area contributed by atoms with Crippen molar-refractivity contribution in [3.63, 3.8) is 0 Å². The topological polar surface area (TPSA) is 130 Å². The van der Waals surface area contributed by atoms with Gasteiger partial charge in [-0.1, -0.05) is 66.7 Å². The zero-order valence-corrected chi connectivity index (χ0v) is 19.7. The summed E-state index contributed by atoms with van der Waals surface area (Å²) in [5, 5.41) is 17.3. The quantitative estimate of drug-likeness (QED) is 0.372. The molecule has 3 aromatic carbocycles. The van der Waals surface area contributed by atoms with Crippen LogP contribution in [0, 0.1) is 0 Å². The number of aromatic amines is 1. The molecule has 1 aliphatic rings. The second-order valence-electron chi connectivity index (χ2n) is 8.73. The maximum Gasteiger partial charge on any atom is 0.249 e. The van der Waals surface area contributed by atoms with Gasteiger partial charge in [0.05, 0.1) is 6.54 Å². The van der Waals surface area contributed by atoms with Gasteiger partial charge in [0.25, 0.3) is 0 Å². The van der Waals surface area contributed by atoms with E-state index in [1.54, 1.807) is 4.90 Å². The molecule has 0 aliphatic carbocycles. The highest BCUT2D eigenvalue weighted by Crippen LogP contribution is 2.31. The maximum absolute atomic E-state index is 13.6. The third-order valence-corrected chi connectivity index (χ3v) is 6.37. The molecule has 9 heteroatoms. The van der Waals surface area contributed by atoms with Crippen molar-refractivity contribution in [1.82, 2.24) is 25.9 Å². The van der Waals surface area contributed by atoms with Crippen molar-refractivity contribution in [2.45, 2.75) is 31.8 Å². The minimum absolute atomic E-state index is 0.114. The first-order chi connectivity index (χ1) is 17.6. The van der Waals surface area contributed by atoms with Crippen LogP contribution < -0.4 is 16.0 Å². The summed E-state index contributed by atoms with van der Waals surface area (Å²) in [4.78, 5) is 27.6. The molecule has 0 spiro atoms. The van der Waals surface area contributed by atoms with E-state index >= 15 is 0 Å². The molecule has 0 radical (unpaired) electrons. The van der Waals surface area contributed by atoms with E-state index < -0.39 is 6.04 Å². The van der Waals surface area contributed by atoms with Gasteiger partial charge < -0.3 is 16.0 Å². The van der Waals surface area contributed by atoms with E-state index in [1.165, 1.54) is 0 Å². The summed E-state index contributed by atoms with van der Waals surface area (Å²) in [5.41, 5.74) is 11.3. The van der Waals surface area contributed by atoms with Crippen LogP contribution in [0.1, 0.15) is 24.0 Å². The molecule has 4 aromatic rings. The van der Waals surface area contributed by atoms with Crippen LogP contribution in [-0.2, 0) is 22.6 Å². The van der Waals surface area contributed by atoms with Crippen LogP contribution in [0.4, 0.5) is 5.69 Å². The first-order valence-electron chi connectivity index (χ1n) is 11.9. The third kappa shape index (κ3) is 4.87. The third-order valence-electron chi connectivity index (χ3n) is 6.37. The number of carbonyl (C=O) groups is 2. The van der Waals surface area contributed by atoms with Crippen molar-refractivity contribution < 1.29 is 9.59 Å². The second kappa shape index (κ2) is 10.5. The van der Waals surface area contributed by atoms with Crippen LogP contribution in [0.2, 0.25) is 0 Å². The molecular weight excluding hydrogens is 454 g/mol. The number of anilines is 1. The molecule has 36 heavy (non-hydrogen) atoms. The molecule has 0 saturated heterocycles. The van der Waals surface area contributed by atoms with E-state index in [2.05, 4.69) is 25.9 Å². The predicted molar refractivity (Wildman–Crippen MR) is 137 cm³/mol. The maximum atomic E-state index is 13.6. The summed E-state index contributed by atoms with van der Waals surface area (Å²) in [6.07, 6.45) is 1.45. The van der Waals surface area contributed by atoms with Gasteiger partial charge in [0.2, 0.25) is 17.6 Å². The average molecular weight is 482 g/mol. The molecule has 4 N–H and O–H groups in total. The zero-order chi connectivity index (χ0) is 24.9. The van der Waals surface area contributed by atoms with Crippen molar-refractivity contribution in [2.24, 2.45) is 5.73 Å². The summed E-state index contributed by atoms with van der Waals surface area (Å²) in [7, 11) is 0. The number of nitrogens with two attached hydrogens (primary N) is 1. The first kappa shape index (κ1) is 23.4. The number of tetrazole rings is 1. The zero-order valence-electron chi connectivity index (χ0n) is 19.7. The number of H-pyrrole nitrogens is 1. The number of hydrogen-bond donors (Lipinski definition) is 3. The lowest BCUT2D eigenvalue weighted by Crippen LogP contribution is -2.48. The number of nitrogens with one attached hydrogen (secondary N) is 2. The van der Waals surface area contributed by atoms with E-state index in [-0.39, 0.29) is 24.8 Å². The van der Waals surface area contributed by atoms with Crippen molar-refractivity contribution in [1.29, 1.82) is 0 Å². The smallest absolute Gasteiger partial charge is 0.249 e. The lowest BCUT2D eigenvalue weighted by molar-refractivity contribution is -0.127. The van der Waals surface area contributed by atoms with Crippen molar-refractivity contribution >= 4 is 17.5 Å². The number of aryl methyl sites for hydroxylation is 1. The molecule has 2 amide bonds. The fourth-order valence-electron chi connectivity index (χ4n) is 4.59. The van der Waals surface area contributed by atoms with Gasteiger partial charge in [0, 0.05) is 24.2 Å². The van der Waals surface area contributed by atoms with Gasteiger partial charge in [0.15, 0.2) is 0 Å². The Balaban J connectivity index is 1.42. The molecule has 0 fully saturated rings. The average Bonchev–Trinajstić information content (AvgIpc) is 3.41. The molecule has 0 bridgehead atoms. The van der Waals surface area contributed by atoms with Crippen LogP contribution in [0.5, 0.6) is 0 Å². The minimum Gasteiger partial charge on any atom is -0.344 e. The number of amides is 2. The first-order valence-corrected chi connectivity index (χ1v) is 11.9. The molecule has 182 valence electrons. The van der Waals surface area contributed by atoms with E-state index in [1.807, 2.05) is 72.8 Å². The molecule has 1 aromatic heterocycles. The number of rotatable bonds is 7. The Morgan fingerprint density at radius 2 is 1.78 bits per heavy atom. The lowest BCUT2D eigenvalue weighted by Gasteiger charge is -2.26. The highest BCUT2D eigenvalue weighted by Gasteiger charge is 2.31. The van der Waals surface area contributed by atoms with Gasteiger partial charge in [0.1, 0.15) is 6.04 Å². The Morgan fingerprint density at radius 1 is 1.03 bits per heavy atom. The molecule has 2 heterocycles. The van der Waals surface area contributed by atoms with Gasteiger partial charge in [-0.2, -0.15) is 5.21 Å². The Morgan fingerprint density at radius 3 is 2.53 bits per heavy atom. The van der Waals surface area contributed by atoms with Crippen LogP contribution >= 0.6 is 0 Å². The van der Waals surface area contributed by atoms with Gasteiger partial charge >= 0.3 is 0 Å². The fourth-order valence-corrected chi connectivity index (χ4v) is 4.59. The molecule has 1 atom stereocenters. The van der Waals surface area contributed by atoms with E-state index in [0.29, 0.717) is 25.2 Å². The van der Waals surface area contributed by atoms with Crippen molar-refractivity contribution in [2.75, 3.05) is 11.4 Å². The number of nitrogens with zero attached hydrogens (tertiary/aromatic N) is 4. The van der Waals surface area contributed by atoms with Crippen LogP contribution in [0.25, 0.3) is 22.5 Å². The summed E-state index contributed by atoms with van der Waals surface area (Å²) >= 11 is 0. The normalized spacial score (nSPS) is 15.3. The van der Waals surface area contributed by atoms with E-state index in [0.717, 1.165) is 33.5 Å². The summed E-state index contributed by atoms with van der Waals surface area (Å²) in [5.74, 6) is 0.215. The highest BCUT2D eigenvalue weighted by atomic mass is 16.2. The Labute approximate surface area is 208 Å². The molecule has 0 saturated carbocycles. The number of hydrogen-bond acceptors (Lipinski definition) is 6. The Bertz CT molecular complexity index is 1350. The minimum atomic E-state index is -0.586. The van der Waals surface area contributed by atoms with Crippen LogP contribution in [0.3, 0.4) is 0 Å². The molecule has 5 rings (SSSR count). The van der Waals surface area contributed by atoms with E-state index in [9.17, 15) is 9.59 Å². The summed E-state index contributed by atoms with van der Waals surface area (Å²) in [6.45, 7) is 0.644. The van der Waals surface area contributed by atoms with Gasteiger partial charge in [-0.05, 0) is 46.4 Å². The summed E-state index contributed by atoms with van der Waals surface area (Å²) in [6, 6.07) is 23.3. The molecule has 1 aliphatic heterocycles. The number of aromatic nitrogens is 4. The van der Waals surface area contributed by atoms with Crippen molar-refractivity contribution in [3.05, 3.63) is 83.9 Å². The van der Waals surface area contributed by atoms with Crippen LogP contribution in [0.15, 0.2) is 72.8 Å². The van der Waals surface area contributed by atoms with Gasteiger partial charge in [-0.3, -0.25) is 9.59 Å². The molecular formula is C27H27N7O2. The van der Waals surface area contributed by atoms with Gasteiger partial charge in [-0.25, -0.2) is 0 Å². The SMILES string of the molecule is NCCC(=O)N[C@@H]1CCc2ccccc2N(Cc2ccc(-c3ccccc3-c3nn[nH]n3)cc2)C1=O. The second-order valence-corrected chi connectivity index (χ2v) is 8.73. The Hall–Kier alpha value is -4.37. The number of fused-ring (bicyclic) bond motifs is 1. The predicted octanol–water partition coefficient (Wildman–Crippen LogP) is 2.85. The molecule has 9 nitrogen and oxygen atoms in total. The highest BCUT2D eigenvalue weighted by molar-refractivity contribution is 6.00. The fraction of sp³-hybridized carbons (Fsp3) is 0.222. The largest absolute Gasteiger partial charge is 0.344 e. The summed E-state index contributed by atoms with van der Waals surface area (Å²) < 4.78 is 0. The van der Waals surface area contributed by atoms with Gasteiger partial charge in [-0.15, -0.1) is 10.2 Å². The van der Waals surface area contributed by atoms with E-state index in [4.69, 9.17) is 5.73 Å². The lowest BCUT2D eigenvalue weighted by atomic mass is 9.98. The van der Waals surface area contributed by atoms with Crippen LogP contribution in [-0.4, -0.2) is 45.0 Å². The van der Waals surface area contributed by atoms with Crippen molar-refractivity contribution in [3.8, 4) is 22.5 Å². The monoisotopic (exact) mass is 481 g/mol. The molecule has 0 unspecified atom stereocenters. The standard InChI is InChI=1S/C27H27N7O2/c28-16-15-25(35)29-23-14-13-20-5-1-4-8-24(20)34(27(23)36)17-18-9-11-19(12-10-18)21-6-2-3-7-22(21)26-30-32-33-31-26/h1-12,23H,13-17,28H2,(H,29,35)(H,30,31,32,33)/t23-/m1/s1. The number of para-hydroxylation sites is 1. The number of benzene rings is 3. The Kier molecular flexibility index (Phi) is 6.81. The number of carbonyl (C=O) groups excluding carboxylic acids is 2.